The number of fused-ring (bicyclic) bond motifs is 1. The Hall–Kier alpha value is -3.57. The lowest BCUT2D eigenvalue weighted by Gasteiger charge is -2.25. The Labute approximate surface area is 225 Å². The number of carbonyl (C=O) groups is 1. The maximum absolute atomic E-state index is 13.5. The minimum atomic E-state index is -3.55. The number of hydrogen-bond donors (Lipinski definition) is 1. The van der Waals surface area contributed by atoms with Crippen LogP contribution in [-0.2, 0) is 21.2 Å². The smallest absolute Gasteiger partial charge is 0.281 e. The highest BCUT2D eigenvalue weighted by atomic mass is 32.2. The quantitative estimate of drug-likeness (QED) is 0.372. The van der Waals surface area contributed by atoms with E-state index in [1.807, 2.05) is 49.1 Å². The van der Waals surface area contributed by atoms with E-state index in [4.69, 9.17) is 4.98 Å². The molecule has 0 spiro atoms. The van der Waals surface area contributed by atoms with Gasteiger partial charge >= 0.3 is 0 Å². The molecule has 1 aliphatic rings. The van der Waals surface area contributed by atoms with Crippen molar-refractivity contribution in [3.63, 3.8) is 0 Å². The van der Waals surface area contributed by atoms with Gasteiger partial charge in [-0.25, -0.2) is 18.4 Å². The Kier molecular flexibility index (Phi) is 7.06. The lowest BCUT2D eigenvalue weighted by Crippen LogP contribution is -2.44. The standard InChI is InChI=1S/C27H29N5O4S2/c1-4-31-23(19-13-8-9-15-21(19)38(3,35)36)30-25-22(26(31)34)29-27(37-25)32-16-10-14-20(32)24(33)28-17(2)18-11-6-5-7-12-18/h5-9,11-13,15,17,20H,4,10,14,16H2,1-3H3,(H,28,33)/t17-,20?/m1/s1. The second-order valence-electron chi connectivity index (χ2n) is 9.40. The summed E-state index contributed by atoms with van der Waals surface area (Å²) in [6.45, 7) is 4.71. The highest BCUT2D eigenvalue weighted by Crippen LogP contribution is 2.34. The number of nitrogens with zero attached hydrogens (tertiary/aromatic N) is 4. The maximum atomic E-state index is 13.5. The zero-order valence-electron chi connectivity index (χ0n) is 21.4. The van der Waals surface area contributed by atoms with Gasteiger partial charge in [0.2, 0.25) is 5.91 Å². The van der Waals surface area contributed by atoms with Crippen molar-refractivity contribution < 1.29 is 13.2 Å². The molecule has 0 radical (unpaired) electrons. The third-order valence-electron chi connectivity index (χ3n) is 6.81. The van der Waals surface area contributed by atoms with Gasteiger partial charge in [-0.15, -0.1) is 0 Å². The van der Waals surface area contributed by atoms with Gasteiger partial charge in [0.15, 0.2) is 25.3 Å². The summed E-state index contributed by atoms with van der Waals surface area (Å²) in [5.74, 6) is 0.202. The van der Waals surface area contributed by atoms with Gasteiger partial charge in [-0.05, 0) is 44.4 Å². The van der Waals surface area contributed by atoms with Crippen LogP contribution in [0.1, 0.15) is 38.3 Å². The van der Waals surface area contributed by atoms with Crippen molar-refractivity contribution in [2.75, 3.05) is 17.7 Å². The normalized spacial score (nSPS) is 16.6. The number of rotatable bonds is 7. The molecule has 1 aliphatic heterocycles. The summed E-state index contributed by atoms with van der Waals surface area (Å²) in [5.41, 5.74) is 1.28. The number of amides is 1. The first-order valence-electron chi connectivity index (χ1n) is 12.5. The maximum Gasteiger partial charge on any atom is 0.281 e. The zero-order valence-corrected chi connectivity index (χ0v) is 23.1. The van der Waals surface area contributed by atoms with E-state index in [1.165, 1.54) is 22.0 Å². The van der Waals surface area contributed by atoms with Gasteiger partial charge in [0.25, 0.3) is 5.56 Å². The number of anilines is 1. The zero-order chi connectivity index (χ0) is 27.0. The SMILES string of the molecule is CCn1c(-c2ccccc2S(C)(=O)=O)nc2sc(N3CCCC3C(=O)N[C@H](C)c3ccccc3)nc2c1=O. The largest absolute Gasteiger partial charge is 0.348 e. The van der Waals surface area contributed by atoms with Crippen LogP contribution in [-0.4, -0.2) is 47.7 Å². The molecule has 1 amide bonds. The van der Waals surface area contributed by atoms with Gasteiger partial charge in [-0.1, -0.05) is 53.8 Å². The van der Waals surface area contributed by atoms with Crippen LogP contribution in [0, 0.1) is 0 Å². The van der Waals surface area contributed by atoms with Gasteiger partial charge in [-0.3, -0.25) is 14.2 Å². The number of thiazole rings is 1. The van der Waals surface area contributed by atoms with E-state index in [0.717, 1.165) is 18.2 Å². The highest BCUT2D eigenvalue weighted by Gasteiger charge is 2.34. The van der Waals surface area contributed by atoms with Crippen LogP contribution < -0.4 is 15.8 Å². The molecule has 2 aromatic heterocycles. The third kappa shape index (κ3) is 4.83. The monoisotopic (exact) mass is 551 g/mol. The van der Waals surface area contributed by atoms with Crippen molar-refractivity contribution in [2.45, 2.75) is 50.2 Å². The second-order valence-corrected chi connectivity index (χ2v) is 12.3. The highest BCUT2D eigenvalue weighted by molar-refractivity contribution is 7.90. The summed E-state index contributed by atoms with van der Waals surface area (Å²) < 4.78 is 26.4. The van der Waals surface area contributed by atoms with Gasteiger partial charge < -0.3 is 10.2 Å². The molecule has 1 fully saturated rings. The minimum absolute atomic E-state index is 0.0835. The fraction of sp³-hybridized carbons (Fsp3) is 0.333. The Morgan fingerprint density at radius 3 is 2.55 bits per heavy atom. The predicted octanol–water partition coefficient (Wildman–Crippen LogP) is 3.79. The van der Waals surface area contributed by atoms with Crippen molar-refractivity contribution >= 4 is 42.6 Å². The van der Waals surface area contributed by atoms with Crippen LogP contribution in [0.15, 0.2) is 64.3 Å². The molecular formula is C27H29N5O4S2. The van der Waals surface area contributed by atoms with Crippen LogP contribution in [0.5, 0.6) is 0 Å². The second kappa shape index (κ2) is 10.3. The fourth-order valence-electron chi connectivity index (χ4n) is 4.90. The van der Waals surface area contributed by atoms with E-state index in [2.05, 4.69) is 10.3 Å². The summed E-state index contributed by atoms with van der Waals surface area (Å²) in [7, 11) is -3.55. The summed E-state index contributed by atoms with van der Waals surface area (Å²) in [6.07, 6.45) is 2.65. The van der Waals surface area contributed by atoms with E-state index in [-0.39, 0.29) is 33.7 Å². The molecule has 0 aliphatic carbocycles. The molecule has 9 nitrogen and oxygen atoms in total. The molecule has 198 valence electrons. The number of carbonyl (C=O) groups excluding carboxylic acids is 1. The van der Waals surface area contributed by atoms with Crippen LogP contribution in [0.25, 0.3) is 21.7 Å². The molecule has 4 aromatic rings. The Morgan fingerprint density at radius 1 is 1.13 bits per heavy atom. The van der Waals surface area contributed by atoms with Crippen LogP contribution >= 0.6 is 11.3 Å². The van der Waals surface area contributed by atoms with E-state index < -0.39 is 15.9 Å². The van der Waals surface area contributed by atoms with Crippen LogP contribution in [0.3, 0.4) is 0 Å². The van der Waals surface area contributed by atoms with Gasteiger partial charge in [-0.2, -0.15) is 0 Å². The average Bonchev–Trinajstić information content (AvgIpc) is 3.56. The van der Waals surface area contributed by atoms with Crippen molar-refractivity contribution in [3.05, 3.63) is 70.5 Å². The molecule has 1 N–H and O–H groups in total. The van der Waals surface area contributed by atoms with E-state index in [9.17, 15) is 18.0 Å². The van der Waals surface area contributed by atoms with Crippen molar-refractivity contribution in [2.24, 2.45) is 0 Å². The third-order valence-corrected chi connectivity index (χ3v) is 8.95. The predicted molar refractivity (Wildman–Crippen MR) is 149 cm³/mol. The van der Waals surface area contributed by atoms with Gasteiger partial charge in [0, 0.05) is 24.9 Å². The molecule has 2 aromatic carbocycles. The molecule has 11 heteroatoms. The van der Waals surface area contributed by atoms with Crippen LogP contribution in [0.2, 0.25) is 0 Å². The van der Waals surface area contributed by atoms with E-state index in [0.29, 0.717) is 35.0 Å². The first-order chi connectivity index (χ1) is 18.2. The molecule has 2 atom stereocenters. The Balaban J connectivity index is 1.51. The molecule has 1 unspecified atom stereocenters. The summed E-state index contributed by atoms with van der Waals surface area (Å²) >= 11 is 1.25. The number of aromatic nitrogens is 3. The first kappa shape index (κ1) is 26.1. The van der Waals surface area contributed by atoms with Gasteiger partial charge in [0.05, 0.1) is 10.9 Å². The molecule has 1 saturated heterocycles. The number of benzene rings is 2. The lowest BCUT2D eigenvalue weighted by molar-refractivity contribution is -0.122. The van der Waals surface area contributed by atoms with Crippen molar-refractivity contribution in [1.82, 2.24) is 19.9 Å². The van der Waals surface area contributed by atoms with Crippen molar-refractivity contribution in [1.29, 1.82) is 0 Å². The number of hydrogen-bond acceptors (Lipinski definition) is 8. The average molecular weight is 552 g/mol. The summed E-state index contributed by atoms with van der Waals surface area (Å²) in [4.78, 5) is 38.6. The lowest BCUT2D eigenvalue weighted by atomic mass is 10.1. The fourth-order valence-corrected chi connectivity index (χ4v) is 6.79. The Morgan fingerprint density at radius 2 is 1.84 bits per heavy atom. The molecule has 38 heavy (non-hydrogen) atoms. The van der Waals surface area contributed by atoms with Crippen LogP contribution in [0.4, 0.5) is 5.13 Å². The molecule has 0 saturated carbocycles. The van der Waals surface area contributed by atoms with Gasteiger partial charge in [0.1, 0.15) is 11.9 Å². The molecule has 0 bridgehead atoms. The van der Waals surface area contributed by atoms with E-state index in [1.54, 1.807) is 18.2 Å². The molecular weight excluding hydrogens is 522 g/mol. The Bertz CT molecular complexity index is 1660. The summed E-state index contributed by atoms with van der Waals surface area (Å²) in [5, 5.41) is 3.67. The number of nitrogens with one attached hydrogen (secondary N) is 1. The van der Waals surface area contributed by atoms with E-state index >= 15 is 0 Å². The number of sulfone groups is 1. The topological polar surface area (TPSA) is 114 Å². The summed E-state index contributed by atoms with van der Waals surface area (Å²) in [6, 6.07) is 15.8. The molecule has 5 rings (SSSR count). The van der Waals surface area contributed by atoms with Crippen molar-refractivity contribution in [3.8, 4) is 11.4 Å². The first-order valence-corrected chi connectivity index (χ1v) is 15.2. The molecule has 3 heterocycles. The minimum Gasteiger partial charge on any atom is -0.348 e.